The largest absolute Gasteiger partial charge is 0.368 e. The Morgan fingerprint density at radius 1 is 0.833 bits per heavy atom. The van der Waals surface area contributed by atoms with Gasteiger partial charge in [0.05, 0.1) is 0 Å². The summed E-state index contributed by atoms with van der Waals surface area (Å²) in [6.07, 6.45) is 2.96. The first-order valence-corrected chi connectivity index (χ1v) is 10.7. The molecule has 0 bridgehead atoms. The van der Waals surface area contributed by atoms with E-state index in [-0.39, 0.29) is 5.82 Å². The molecule has 1 aliphatic rings. The molecule has 0 radical (unpaired) electrons. The molecule has 1 saturated heterocycles. The number of aromatic amines is 1. The molecule has 3 aromatic carbocycles. The van der Waals surface area contributed by atoms with Crippen LogP contribution >= 0.6 is 0 Å². The fourth-order valence-electron chi connectivity index (χ4n) is 4.46. The molecule has 1 aromatic heterocycles. The van der Waals surface area contributed by atoms with E-state index in [2.05, 4.69) is 69.4 Å². The normalized spacial score (nSPS) is 15.0. The highest BCUT2D eigenvalue weighted by atomic mass is 19.1. The number of benzene rings is 3. The highest BCUT2D eigenvalue weighted by Crippen LogP contribution is 2.31. The van der Waals surface area contributed by atoms with Crippen LogP contribution in [0.3, 0.4) is 0 Å². The summed E-state index contributed by atoms with van der Waals surface area (Å²) >= 11 is 0. The third-order valence-electron chi connectivity index (χ3n) is 6.13. The molecule has 1 fully saturated rings. The van der Waals surface area contributed by atoms with Crippen LogP contribution in [0.5, 0.6) is 0 Å². The maximum Gasteiger partial charge on any atom is 0.123 e. The lowest BCUT2D eigenvalue weighted by Gasteiger charge is -2.37. The van der Waals surface area contributed by atoms with Gasteiger partial charge in [0.1, 0.15) is 5.82 Å². The SMILES string of the molecule is Fc1ccc2[nH]cc(CCN3CCN(c4ccccc4-c4ccccc4)CC3)c2c1. The molecule has 0 saturated carbocycles. The van der Waals surface area contributed by atoms with E-state index in [1.165, 1.54) is 28.4 Å². The molecule has 0 amide bonds. The Bertz CT molecular complexity index is 1130. The number of nitrogens with one attached hydrogen (secondary N) is 1. The minimum Gasteiger partial charge on any atom is -0.368 e. The highest BCUT2D eigenvalue weighted by molar-refractivity contribution is 5.83. The fourth-order valence-corrected chi connectivity index (χ4v) is 4.46. The number of H-pyrrole nitrogens is 1. The van der Waals surface area contributed by atoms with Crippen LogP contribution < -0.4 is 4.90 Å². The molecule has 0 spiro atoms. The number of hydrogen-bond donors (Lipinski definition) is 1. The van der Waals surface area contributed by atoms with Crippen molar-refractivity contribution in [1.82, 2.24) is 9.88 Å². The van der Waals surface area contributed by atoms with E-state index in [0.717, 1.165) is 50.0 Å². The van der Waals surface area contributed by atoms with Gasteiger partial charge in [0.2, 0.25) is 0 Å². The number of aromatic nitrogens is 1. The third kappa shape index (κ3) is 3.83. The van der Waals surface area contributed by atoms with E-state index in [1.807, 2.05) is 12.3 Å². The number of halogens is 1. The van der Waals surface area contributed by atoms with Crippen LogP contribution in [0, 0.1) is 5.82 Å². The van der Waals surface area contributed by atoms with Gasteiger partial charge in [0.15, 0.2) is 0 Å². The van der Waals surface area contributed by atoms with Crippen LogP contribution in [0.15, 0.2) is 79.0 Å². The fraction of sp³-hybridized carbons (Fsp3) is 0.231. The average Bonchev–Trinajstić information content (AvgIpc) is 3.21. The first kappa shape index (κ1) is 18.9. The molecule has 0 unspecified atom stereocenters. The van der Waals surface area contributed by atoms with Crippen molar-refractivity contribution in [2.24, 2.45) is 0 Å². The Kier molecular flexibility index (Phi) is 5.24. The summed E-state index contributed by atoms with van der Waals surface area (Å²) in [7, 11) is 0. The van der Waals surface area contributed by atoms with E-state index in [4.69, 9.17) is 0 Å². The monoisotopic (exact) mass is 399 g/mol. The summed E-state index contributed by atoms with van der Waals surface area (Å²) in [6, 6.07) is 24.3. The van der Waals surface area contributed by atoms with Gasteiger partial charge in [-0.3, -0.25) is 4.90 Å². The summed E-state index contributed by atoms with van der Waals surface area (Å²) in [5, 5.41) is 1.01. The van der Waals surface area contributed by atoms with Gasteiger partial charge in [-0.05, 0) is 41.8 Å². The van der Waals surface area contributed by atoms with Gasteiger partial charge >= 0.3 is 0 Å². The van der Waals surface area contributed by atoms with Crippen molar-refractivity contribution in [3.8, 4) is 11.1 Å². The third-order valence-corrected chi connectivity index (χ3v) is 6.13. The summed E-state index contributed by atoms with van der Waals surface area (Å²) in [5.74, 6) is -0.172. The van der Waals surface area contributed by atoms with Crippen molar-refractivity contribution >= 4 is 16.6 Å². The van der Waals surface area contributed by atoms with Crippen molar-refractivity contribution < 1.29 is 4.39 Å². The van der Waals surface area contributed by atoms with Gasteiger partial charge in [-0.15, -0.1) is 0 Å². The molecule has 1 N–H and O–H groups in total. The van der Waals surface area contributed by atoms with Crippen molar-refractivity contribution in [2.45, 2.75) is 6.42 Å². The first-order chi connectivity index (χ1) is 14.8. The summed E-state index contributed by atoms with van der Waals surface area (Å²) in [4.78, 5) is 8.27. The minimum atomic E-state index is -0.172. The number of piperazine rings is 1. The maximum absolute atomic E-state index is 13.6. The maximum atomic E-state index is 13.6. The Labute approximate surface area is 176 Å². The molecule has 152 valence electrons. The van der Waals surface area contributed by atoms with Crippen LogP contribution in [0.25, 0.3) is 22.0 Å². The van der Waals surface area contributed by atoms with Gasteiger partial charge < -0.3 is 9.88 Å². The Balaban J connectivity index is 1.24. The Morgan fingerprint density at radius 3 is 2.43 bits per heavy atom. The van der Waals surface area contributed by atoms with Crippen molar-refractivity contribution in [2.75, 3.05) is 37.6 Å². The van der Waals surface area contributed by atoms with Crippen LogP contribution in [0.4, 0.5) is 10.1 Å². The Morgan fingerprint density at radius 2 is 1.60 bits per heavy atom. The van der Waals surface area contributed by atoms with Crippen LogP contribution in [-0.4, -0.2) is 42.6 Å². The molecule has 0 aliphatic carbocycles. The zero-order valence-electron chi connectivity index (χ0n) is 17.0. The number of rotatable bonds is 5. The first-order valence-electron chi connectivity index (χ1n) is 10.7. The quantitative estimate of drug-likeness (QED) is 0.489. The highest BCUT2D eigenvalue weighted by Gasteiger charge is 2.19. The van der Waals surface area contributed by atoms with Crippen molar-refractivity contribution in [3.63, 3.8) is 0 Å². The van der Waals surface area contributed by atoms with E-state index in [0.29, 0.717) is 0 Å². The van der Waals surface area contributed by atoms with Crippen molar-refractivity contribution in [1.29, 1.82) is 0 Å². The van der Waals surface area contributed by atoms with Crippen LogP contribution in [0.1, 0.15) is 5.56 Å². The molecule has 0 atom stereocenters. The number of para-hydroxylation sites is 1. The lowest BCUT2D eigenvalue weighted by molar-refractivity contribution is 0.261. The van der Waals surface area contributed by atoms with E-state index >= 15 is 0 Å². The molecule has 4 heteroatoms. The summed E-state index contributed by atoms with van der Waals surface area (Å²) < 4.78 is 13.6. The second-order valence-electron chi connectivity index (χ2n) is 7.97. The van der Waals surface area contributed by atoms with Gasteiger partial charge in [-0.2, -0.15) is 0 Å². The number of fused-ring (bicyclic) bond motifs is 1. The minimum absolute atomic E-state index is 0.172. The van der Waals surface area contributed by atoms with Crippen LogP contribution in [-0.2, 0) is 6.42 Å². The van der Waals surface area contributed by atoms with Gasteiger partial charge in [0.25, 0.3) is 0 Å². The van der Waals surface area contributed by atoms with Gasteiger partial charge in [-0.1, -0.05) is 48.5 Å². The van der Waals surface area contributed by atoms with E-state index in [9.17, 15) is 4.39 Å². The second-order valence-corrected chi connectivity index (χ2v) is 7.97. The summed E-state index contributed by atoms with van der Waals surface area (Å²) in [6.45, 7) is 5.12. The molecule has 1 aliphatic heterocycles. The van der Waals surface area contributed by atoms with Crippen LogP contribution in [0.2, 0.25) is 0 Å². The van der Waals surface area contributed by atoms with Crippen molar-refractivity contribution in [3.05, 3.63) is 90.4 Å². The zero-order chi connectivity index (χ0) is 20.3. The predicted molar refractivity (Wildman–Crippen MR) is 122 cm³/mol. The molecule has 5 rings (SSSR count). The molecule has 3 nitrogen and oxygen atoms in total. The lowest BCUT2D eigenvalue weighted by Crippen LogP contribution is -2.47. The number of hydrogen-bond acceptors (Lipinski definition) is 2. The van der Waals surface area contributed by atoms with Gasteiger partial charge in [-0.25, -0.2) is 4.39 Å². The lowest BCUT2D eigenvalue weighted by atomic mass is 10.0. The predicted octanol–water partition coefficient (Wildman–Crippen LogP) is 5.34. The zero-order valence-corrected chi connectivity index (χ0v) is 17.0. The van der Waals surface area contributed by atoms with E-state index in [1.54, 1.807) is 6.07 Å². The number of nitrogens with zero attached hydrogens (tertiary/aromatic N) is 2. The molecule has 2 heterocycles. The molecular formula is C26H26FN3. The standard InChI is InChI=1S/C26H26FN3/c27-22-10-11-25-24(18-22)21(19-28-25)12-13-29-14-16-30(17-15-29)26-9-5-4-8-23(26)20-6-2-1-3-7-20/h1-11,18-19,28H,12-17H2. The van der Waals surface area contributed by atoms with Gasteiger partial charge in [0, 0.05) is 61.1 Å². The molecular weight excluding hydrogens is 373 g/mol. The van der Waals surface area contributed by atoms with E-state index < -0.39 is 0 Å². The number of anilines is 1. The molecule has 4 aromatic rings. The topological polar surface area (TPSA) is 22.3 Å². The second kappa shape index (κ2) is 8.33. The Hall–Kier alpha value is -3.11. The molecule has 30 heavy (non-hydrogen) atoms. The average molecular weight is 400 g/mol. The summed E-state index contributed by atoms with van der Waals surface area (Å²) in [5.41, 5.74) is 6.08. The smallest absolute Gasteiger partial charge is 0.123 e.